The second kappa shape index (κ2) is 4.27. The summed E-state index contributed by atoms with van der Waals surface area (Å²) >= 11 is 1.35. The molecule has 0 N–H and O–H groups in total. The molecule has 2 heterocycles. The monoisotopic (exact) mass is 223 g/mol. The highest BCUT2D eigenvalue weighted by Crippen LogP contribution is 2.11. The van der Waals surface area contributed by atoms with Crippen molar-refractivity contribution in [1.82, 2.24) is 5.16 Å². The van der Waals surface area contributed by atoms with Crippen molar-refractivity contribution in [3.8, 4) is 0 Å². The van der Waals surface area contributed by atoms with Gasteiger partial charge in [-0.1, -0.05) is 11.2 Å². The van der Waals surface area contributed by atoms with Gasteiger partial charge in [0.1, 0.15) is 22.9 Å². The van der Waals surface area contributed by atoms with E-state index in [4.69, 9.17) is 9.26 Å². The van der Waals surface area contributed by atoms with Gasteiger partial charge in [0.15, 0.2) is 0 Å². The minimum Gasteiger partial charge on any atom is -0.455 e. The molecule has 0 saturated heterocycles. The minimum atomic E-state index is -0.328. The number of nitrogens with zero attached hydrogens (tertiary/aromatic N) is 1. The molecule has 78 valence electrons. The van der Waals surface area contributed by atoms with E-state index in [-0.39, 0.29) is 12.6 Å². The first-order valence-electron chi connectivity index (χ1n) is 4.38. The van der Waals surface area contributed by atoms with Gasteiger partial charge in [-0.15, -0.1) is 11.3 Å². The van der Waals surface area contributed by atoms with E-state index in [0.29, 0.717) is 16.3 Å². The quantitative estimate of drug-likeness (QED) is 0.750. The van der Waals surface area contributed by atoms with Gasteiger partial charge in [0, 0.05) is 6.07 Å². The molecule has 0 unspecified atom stereocenters. The summed E-state index contributed by atoms with van der Waals surface area (Å²) in [7, 11) is 0. The third-order valence-corrected chi connectivity index (χ3v) is 2.60. The molecule has 5 heteroatoms. The van der Waals surface area contributed by atoms with Crippen LogP contribution in [0.5, 0.6) is 0 Å². The summed E-state index contributed by atoms with van der Waals surface area (Å²) in [5, 5.41) is 5.55. The van der Waals surface area contributed by atoms with Crippen LogP contribution in [-0.4, -0.2) is 11.1 Å². The molecule has 0 radical (unpaired) electrons. The van der Waals surface area contributed by atoms with Crippen molar-refractivity contribution in [2.45, 2.75) is 13.5 Å². The molecule has 0 aliphatic rings. The molecule has 0 atom stereocenters. The molecule has 0 bridgehead atoms. The standard InChI is InChI=1S/C10H9NO3S/c1-7-5-8(11-14-7)6-13-10(12)9-3-2-4-15-9/h2-5H,6H2,1H3. The maximum Gasteiger partial charge on any atom is 0.348 e. The summed E-state index contributed by atoms with van der Waals surface area (Å²) in [6.07, 6.45) is 0. The van der Waals surface area contributed by atoms with Gasteiger partial charge < -0.3 is 9.26 Å². The Morgan fingerprint density at radius 3 is 3.13 bits per heavy atom. The number of hydrogen-bond acceptors (Lipinski definition) is 5. The van der Waals surface area contributed by atoms with Crippen molar-refractivity contribution in [1.29, 1.82) is 0 Å². The van der Waals surface area contributed by atoms with Gasteiger partial charge in [0.25, 0.3) is 0 Å². The maximum atomic E-state index is 11.4. The Morgan fingerprint density at radius 1 is 1.67 bits per heavy atom. The number of aryl methyl sites for hydroxylation is 1. The van der Waals surface area contributed by atoms with Crippen molar-refractivity contribution in [3.05, 3.63) is 39.9 Å². The molecule has 4 nitrogen and oxygen atoms in total. The lowest BCUT2D eigenvalue weighted by Crippen LogP contribution is -2.03. The number of aromatic nitrogens is 1. The van der Waals surface area contributed by atoms with Crippen molar-refractivity contribution < 1.29 is 14.1 Å². The molecule has 0 fully saturated rings. The van der Waals surface area contributed by atoms with Crippen LogP contribution in [-0.2, 0) is 11.3 Å². The Kier molecular flexibility index (Phi) is 2.82. The fraction of sp³-hybridized carbons (Fsp3) is 0.200. The van der Waals surface area contributed by atoms with Crippen LogP contribution in [0.25, 0.3) is 0 Å². The predicted octanol–water partition coefficient (Wildman–Crippen LogP) is 2.40. The van der Waals surface area contributed by atoms with Crippen LogP contribution in [0.2, 0.25) is 0 Å². The first kappa shape index (κ1) is 9.92. The smallest absolute Gasteiger partial charge is 0.348 e. The highest BCUT2D eigenvalue weighted by atomic mass is 32.1. The van der Waals surface area contributed by atoms with Crippen molar-refractivity contribution in [3.63, 3.8) is 0 Å². The van der Waals surface area contributed by atoms with Crippen LogP contribution < -0.4 is 0 Å². The summed E-state index contributed by atoms with van der Waals surface area (Å²) in [6, 6.07) is 5.27. The highest BCUT2D eigenvalue weighted by Gasteiger charge is 2.09. The van der Waals surface area contributed by atoms with E-state index in [1.54, 1.807) is 19.1 Å². The van der Waals surface area contributed by atoms with E-state index in [9.17, 15) is 4.79 Å². The Balaban J connectivity index is 1.91. The number of carbonyl (C=O) groups is 1. The van der Waals surface area contributed by atoms with Crippen LogP contribution in [0.4, 0.5) is 0 Å². The molecule has 0 saturated carbocycles. The van der Waals surface area contributed by atoms with Gasteiger partial charge in [0.2, 0.25) is 0 Å². The summed E-state index contributed by atoms with van der Waals surface area (Å²) in [6.45, 7) is 1.94. The summed E-state index contributed by atoms with van der Waals surface area (Å²) in [5.74, 6) is 0.378. The average molecular weight is 223 g/mol. The first-order chi connectivity index (χ1) is 7.25. The predicted molar refractivity (Wildman–Crippen MR) is 54.7 cm³/mol. The van der Waals surface area contributed by atoms with E-state index in [1.807, 2.05) is 11.4 Å². The second-order valence-corrected chi connectivity index (χ2v) is 3.93. The van der Waals surface area contributed by atoms with Crippen molar-refractivity contribution >= 4 is 17.3 Å². The molecular weight excluding hydrogens is 214 g/mol. The number of carbonyl (C=O) groups excluding carboxylic acids is 1. The third kappa shape index (κ3) is 2.44. The molecule has 2 aromatic rings. The van der Waals surface area contributed by atoms with Crippen LogP contribution in [0.3, 0.4) is 0 Å². The fourth-order valence-corrected chi connectivity index (χ4v) is 1.71. The van der Waals surface area contributed by atoms with E-state index in [2.05, 4.69) is 5.16 Å². The summed E-state index contributed by atoms with van der Waals surface area (Å²) in [4.78, 5) is 12.0. The first-order valence-corrected chi connectivity index (χ1v) is 5.26. The van der Waals surface area contributed by atoms with Crippen molar-refractivity contribution in [2.75, 3.05) is 0 Å². The Bertz CT molecular complexity index is 447. The zero-order chi connectivity index (χ0) is 10.7. The molecule has 0 aliphatic heterocycles. The zero-order valence-electron chi connectivity index (χ0n) is 8.10. The van der Waals surface area contributed by atoms with E-state index >= 15 is 0 Å². The fourth-order valence-electron chi connectivity index (χ4n) is 1.09. The summed E-state index contributed by atoms with van der Waals surface area (Å²) < 4.78 is 9.88. The number of hydrogen-bond donors (Lipinski definition) is 0. The number of rotatable bonds is 3. The molecule has 0 aromatic carbocycles. The van der Waals surface area contributed by atoms with Gasteiger partial charge in [-0.3, -0.25) is 0 Å². The van der Waals surface area contributed by atoms with Gasteiger partial charge >= 0.3 is 5.97 Å². The Labute approximate surface area is 90.5 Å². The van der Waals surface area contributed by atoms with Crippen LogP contribution in [0, 0.1) is 6.92 Å². The number of thiophene rings is 1. The molecule has 0 amide bonds. The van der Waals surface area contributed by atoms with Gasteiger partial charge in [-0.05, 0) is 18.4 Å². The third-order valence-electron chi connectivity index (χ3n) is 1.75. The molecule has 0 aliphatic carbocycles. The zero-order valence-corrected chi connectivity index (χ0v) is 8.91. The second-order valence-electron chi connectivity index (χ2n) is 2.98. The van der Waals surface area contributed by atoms with Crippen LogP contribution in [0.15, 0.2) is 28.1 Å². The average Bonchev–Trinajstić information content (AvgIpc) is 2.84. The van der Waals surface area contributed by atoms with E-state index < -0.39 is 0 Å². The van der Waals surface area contributed by atoms with Crippen LogP contribution in [0.1, 0.15) is 21.1 Å². The van der Waals surface area contributed by atoms with Gasteiger partial charge in [-0.2, -0.15) is 0 Å². The summed E-state index contributed by atoms with van der Waals surface area (Å²) in [5.41, 5.74) is 0.623. The maximum absolute atomic E-state index is 11.4. The topological polar surface area (TPSA) is 52.3 Å². The molecular formula is C10H9NO3S. The Morgan fingerprint density at radius 2 is 2.53 bits per heavy atom. The number of esters is 1. The SMILES string of the molecule is Cc1cc(COC(=O)c2cccs2)no1. The lowest BCUT2D eigenvalue weighted by atomic mass is 10.4. The highest BCUT2D eigenvalue weighted by molar-refractivity contribution is 7.11. The number of ether oxygens (including phenoxy) is 1. The minimum absolute atomic E-state index is 0.147. The van der Waals surface area contributed by atoms with E-state index in [0.717, 1.165) is 0 Å². The molecule has 2 rings (SSSR count). The van der Waals surface area contributed by atoms with E-state index in [1.165, 1.54) is 11.3 Å². The molecule has 15 heavy (non-hydrogen) atoms. The van der Waals surface area contributed by atoms with Gasteiger partial charge in [-0.25, -0.2) is 4.79 Å². The Hall–Kier alpha value is -1.62. The normalized spacial score (nSPS) is 10.2. The lowest BCUT2D eigenvalue weighted by Gasteiger charge is -1.98. The largest absolute Gasteiger partial charge is 0.455 e. The lowest BCUT2D eigenvalue weighted by molar-refractivity contribution is 0.0470. The van der Waals surface area contributed by atoms with Gasteiger partial charge in [0.05, 0.1) is 0 Å². The molecule has 0 spiro atoms. The molecule has 2 aromatic heterocycles. The van der Waals surface area contributed by atoms with Crippen molar-refractivity contribution in [2.24, 2.45) is 0 Å². The van der Waals surface area contributed by atoms with Crippen LogP contribution >= 0.6 is 11.3 Å².